The molecule has 1 aliphatic heterocycles. The highest BCUT2D eigenvalue weighted by molar-refractivity contribution is 5.91. The van der Waals surface area contributed by atoms with E-state index < -0.39 is 40.9 Å². The van der Waals surface area contributed by atoms with Gasteiger partial charge in [-0.15, -0.1) is 0 Å². The molecule has 0 radical (unpaired) electrons. The van der Waals surface area contributed by atoms with Crippen molar-refractivity contribution in [2.24, 2.45) is 0 Å². The molecule has 3 rings (SSSR count). The topological polar surface area (TPSA) is 99.0 Å². The van der Waals surface area contributed by atoms with Crippen LogP contribution in [0.15, 0.2) is 42.5 Å². The van der Waals surface area contributed by atoms with Crippen LogP contribution in [0.5, 0.6) is 5.75 Å². The standard InChI is InChI=1S/C17H12F2N2O6/c1-9-15(10-2-7-13(18)14(19)8-10)20(16(22)26-9)17(23)27-12-5-3-11(4-6-12)21(24)25/h2-9,15H,1H3/t9-,15-/m0/s1. The lowest BCUT2D eigenvalue weighted by atomic mass is 10.0. The van der Waals surface area contributed by atoms with Crippen LogP contribution < -0.4 is 4.74 Å². The van der Waals surface area contributed by atoms with Crippen LogP contribution in [0.1, 0.15) is 18.5 Å². The predicted octanol–water partition coefficient (Wildman–Crippen LogP) is 3.95. The molecule has 140 valence electrons. The predicted molar refractivity (Wildman–Crippen MR) is 86.0 cm³/mol. The van der Waals surface area contributed by atoms with E-state index in [1.807, 2.05) is 0 Å². The number of cyclic esters (lactones) is 1. The van der Waals surface area contributed by atoms with Crippen molar-refractivity contribution in [3.8, 4) is 5.75 Å². The van der Waals surface area contributed by atoms with Crippen molar-refractivity contribution in [3.63, 3.8) is 0 Å². The average molecular weight is 378 g/mol. The second kappa shape index (κ2) is 6.98. The van der Waals surface area contributed by atoms with Crippen LogP contribution in [0.4, 0.5) is 24.1 Å². The Morgan fingerprint density at radius 1 is 1.19 bits per heavy atom. The number of amides is 2. The third-order valence-electron chi connectivity index (χ3n) is 3.94. The largest absolute Gasteiger partial charge is 0.443 e. The Labute approximate surface area is 151 Å². The molecule has 0 bridgehead atoms. The van der Waals surface area contributed by atoms with Gasteiger partial charge < -0.3 is 9.47 Å². The first-order valence-electron chi connectivity index (χ1n) is 7.69. The van der Waals surface area contributed by atoms with E-state index in [1.165, 1.54) is 25.1 Å². The summed E-state index contributed by atoms with van der Waals surface area (Å²) < 4.78 is 36.8. The molecule has 10 heteroatoms. The zero-order valence-corrected chi connectivity index (χ0v) is 13.8. The van der Waals surface area contributed by atoms with Crippen molar-refractivity contribution in [1.82, 2.24) is 4.90 Å². The first-order chi connectivity index (χ1) is 12.8. The molecule has 1 fully saturated rings. The number of halogens is 2. The van der Waals surface area contributed by atoms with E-state index in [-0.39, 0.29) is 17.0 Å². The third-order valence-corrected chi connectivity index (χ3v) is 3.94. The summed E-state index contributed by atoms with van der Waals surface area (Å²) in [5.41, 5.74) is -0.0587. The molecule has 2 aromatic carbocycles. The summed E-state index contributed by atoms with van der Waals surface area (Å²) in [5.74, 6) is -2.25. The van der Waals surface area contributed by atoms with Gasteiger partial charge in [-0.25, -0.2) is 23.3 Å². The van der Waals surface area contributed by atoms with Gasteiger partial charge >= 0.3 is 12.2 Å². The number of rotatable bonds is 3. The molecule has 2 amide bonds. The molecular formula is C17H12F2N2O6. The van der Waals surface area contributed by atoms with Crippen LogP contribution in [0.2, 0.25) is 0 Å². The van der Waals surface area contributed by atoms with E-state index in [9.17, 15) is 28.5 Å². The van der Waals surface area contributed by atoms with Crippen LogP contribution in [0.25, 0.3) is 0 Å². The van der Waals surface area contributed by atoms with Gasteiger partial charge in [0.1, 0.15) is 17.9 Å². The quantitative estimate of drug-likeness (QED) is 0.592. The molecule has 0 aromatic heterocycles. The second-order valence-corrected chi connectivity index (χ2v) is 5.70. The lowest BCUT2D eigenvalue weighted by molar-refractivity contribution is -0.384. The van der Waals surface area contributed by atoms with Crippen LogP contribution in [-0.2, 0) is 4.74 Å². The lowest BCUT2D eigenvalue weighted by Gasteiger charge is -2.21. The number of non-ortho nitro benzene ring substituents is 1. The minimum Gasteiger partial charge on any atom is -0.443 e. The molecule has 8 nitrogen and oxygen atoms in total. The Balaban J connectivity index is 1.85. The van der Waals surface area contributed by atoms with Gasteiger partial charge in [0.15, 0.2) is 11.6 Å². The van der Waals surface area contributed by atoms with Gasteiger partial charge in [-0.2, -0.15) is 0 Å². The monoisotopic (exact) mass is 378 g/mol. The van der Waals surface area contributed by atoms with E-state index >= 15 is 0 Å². The Morgan fingerprint density at radius 2 is 1.85 bits per heavy atom. The maximum Gasteiger partial charge on any atom is 0.425 e. The molecule has 0 N–H and O–H groups in total. The number of ether oxygens (including phenoxy) is 2. The minimum absolute atomic E-state index is 0.0398. The van der Waals surface area contributed by atoms with Crippen molar-refractivity contribution in [3.05, 3.63) is 69.8 Å². The van der Waals surface area contributed by atoms with Gasteiger partial charge in [-0.05, 0) is 36.8 Å². The molecular weight excluding hydrogens is 366 g/mol. The maximum atomic E-state index is 13.5. The Hall–Kier alpha value is -3.56. The van der Waals surface area contributed by atoms with Crippen molar-refractivity contribution in [2.45, 2.75) is 19.1 Å². The van der Waals surface area contributed by atoms with Crippen LogP contribution >= 0.6 is 0 Å². The third kappa shape index (κ3) is 3.54. The highest BCUT2D eigenvalue weighted by Gasteiger charge is 2.45. The Kier molecular flexibility index (Phi) is 4.72. The number of carbonyl (C=O) groups excluding carboxylic acids is 2. The number of benzene rings is 2. The van der Waals surface area contributed by atoms with Gasteiger partial charge in [-0.3, -0.25) is 10.1 Å². The fraction of sp³-hybridized carbons (Fsp3) is 0.176. The summed E-state index contributed by atoms with van der Waals surface area (Å²) in [4.78, 5) is 35.1. The van der Waals surface area contributed by atoms with Gasteiger partial charge in [0.05, 0.1) is 4.92 Å². The number of hydrogen-bond donors (Lipinski definition) is 0. The highest BCUT2D eigenvalue weighted by Crippen LogP contribution is 2.34. The molecule has 2 aromatic rings. The SMILES string of the molecule is C[C@@H]1OC(=O)N(C(=O)Oc2ccc([N+](=O)[O-])cc2)[C@@H]1c1ccc(F)c(F)c1. The lowest BCUT2D eigenvalue weighted by Crippen LogP contribution is -2.37. The van der Waals surface area contributed by atoms with Gasteiger partial charge in [0.2, 0.25) is 0 Å². The van der Waals surface area contributed by atoms with Crippen molar-refractivity contribution in [1.29, 1.82) is 0 Å². The number of nitro benzene ring substituents is 1. The summed E-state index contributed by atoms with van der Waals surface area (Å²) in [7, 11) is 0. The number of nitrogens with zero attached hydrogens (tertiary/aromatic N) is 2. The van der Waals surface area contributed by atoms with Crippen LogP contribution in [0, 0.1) is 21.7 Å². The van der Waals surface area contributed by atoms with Crippen molar-refractivity contribution in [2.75, 3.05) is 0 Å². The molecule has 1 aliphatic rings. The van der Waals surface area contributed by atoms with Crippen LogP contribution in [-0.4, -0.2) is 28.1 Å². The smallest absolute Gasteiger partial charge is 0.425 e. The summed E-state index contributed by atoms with van der Waals surface area (Å²) in [6.45, 7) is 1.49. The molecule has 1 heterocycles. The van der Waals surface area contributed by atoms with E-state index in [0.717, 1.165) is 24.3 Å². The van der Waals surface area contributed by atoms with Gasteiger partial charge in [0.25, 0.3) is 5.69 Å². The number of nitro groups is 1. The zero-order chi connectivity index (χ0) is 19.7. The molecule has 27 heavy (non-hydrogen) atoms. The van der Waals surface area contributed by atoms with E-state index in [0.29, 0.717) is 4.90 Å². The second-order valence-electron chi connectivity index (χ2n) is 5.70. The van der Waals surface area contributed by atoms with Gasteiger partial charge in [0, 0.05) is 12.1 Å². The van der Waals surface area contributed by atoms with E-state index in [4.69, 9.17) is 9.47 Å². The van der Waals surface area contributed by atoms with Crippen molar-refractivity contribution >= 4 is 17.9 Å². The molecule has 1 saturated heterocycles. The van der Waals surface area contributed by atoms with Crippen LogP contribution in [0.3, 0.4) is 0 Å². The highest BCUT2D eigenvalue weighted by atomic mass is 19.2. The molecule has 0 unspecified atom stereocenters. The molecule has 0 aliphatic carbocycles. The Morgan fingerprint density at radius 3 is 2.44 bits per heavy atom. The molecule has 0 spiro atoms. The average Bonchev–Trinajstić information content (AvgIpc) is 2.92. The maximum absolute atomic E-state index is 13.5. The molecule has 0 saturated carbocycles. The zero-order valence-electron chi connectivity index (χ0n) is 13.8. The summed E-state index contributed by atoms with van der Waals surface area (Å²) in [6.07, 6.45) is -2.95. The fourth-order valence-corrected chi connectivity index (χ4v) is 2.69. The normalized spacial score (nSPS) is 18.9. The van der Waals surface area contributed by atoms with Crippen molar-refractivity contribution < 1.29 is 32.8 Å². The van der Waals surface area contributed by atoms with E-state index in [1.54, 1.807) is 0 Å². The number of hydrogen-bond acceptors (Lipinski definition) is 6. The Bertz CT molecular complexity index is 918. The number of imide groups is 1. The first-order valence-corrected chi connectivity index (χ1v) is 7.69. The molecule has 2 atom stereocenters. The summed E-state index contributed by atoms with van der Waals surface area (Å²) in [6, 6.07) is 6.57. The number of carbonyl (C=O) groups is 2. The van der Waals surface area contributed by atoms with E-state index in [2.05, 4.69) is 0 Å². The first kappa shape index (κ1) is 18.2. The minimum atomic E-state index is -1.14. The summed E-state index contributed by atoms with van der Waals surface area (Å²) >= 11 is 0. The summed E-state index contributed by atoms with van der Waals surface area (Å²) in [5, 5.41) is 10.6. The van der Waals surface area contributed by atoms with Gasteiger partial charge in [-0.1, -0.05) is 6.07 Å². The fourth-order valence-electron chi connectivity index (χ4n) is 2.69.